The van der Waals surface area contributed by atoms with Crippen molar-refractivity contribution < 1.29 is 14.2 Å². The summed E-state index contributed by atoms with van der Waals surface area (Å²) < 4.78 is 18.7. The zero-order valence-corrected chi connectivity index (χ0v) is 12.2. The second-order valence-corrected chi connectivity index (χ2v) is 5.16. The number of aryl methyl sites for hydroxylation is 1. The topological polar surface area (TPSA) is 29.5 Å². The molecule has 0 aliphatic carbocycles. The van der Waals surface area contributed by atoms with Gasteiger partial charge < -0.3 is 9.84 Å². The number of rotatable bonds is 3. The molecule has 2 aromatic rings. The summed E-state index contributed by atoms with van der Waals surface area (Å²) in [6.45, 7) is 1.91. The molecule has 0 saturated carbocycles. The molecule has 100 valence electrons. The molecule has 1 atom stereocenters. The predicted octanol–water partition coefficient (Wildman–Crippen LogP) is 3.99. The number of ether oxygens (including phenoxy) is 1. The Bertz CT molecular complexity index is 599. The molecule has 2 aromatic carbocycles. The summed E-state index contributed by atoms with van der Waals surface area (Å²) in [5.41, 5.74) is 2.33. The van der Waals surface area contributed by atoms with E-state index in [1.54, 1.807) is 25.3 Å². The summed E-state index contributed by atoms with van der Waals surface area (Å²) in [4.78, 5) is 0. The Labute approximate surface area is 120 Å². The Morgan fingerprint density at radius 2 is 1.79 bits per heavy atom. The highest BCUT2D eigenvalue weighted by Crippen LogP contribution is 2.28. The van der Waals surface area contributed by atoms with Gasteiger partial charge in [-0.25, -0.2) is 4.39 Å². The molecule has 4 heteroatoms. The Kier molecular flexibility index (Phi) is 4.22. The molecule has 1 N–H and O–H groups in total. The summed E-state index contributed by atoms with van der Waals surface area (Å²) in [7, 11) is 1.61. The molecule has 0 bridgehead atoms. The minimum atomic E-state index is -0.790. The fourth-order valence-corrected chi connectivity index (χ4v) is 2.34. The number of hydrogen-bond donors (Lipinski definition) is 1. The molecule has 0 amide bonds. The van der Waals surface area contributed by atoms with Crippen molar-refractivity contribution in [2.45, 2.75) is 13.0 Å². The monoisotopic (exact) mass is 324 g/mol. The molecule has 0 radical (unpaired) electrons. The van der Waals surface area contributed by atoms with Crippen LogP contribution in [0.3, 0.4) is 0 Å². The van der Waals surface area contributed by atoms with Crippen LogP contribution in [0.25, 0.3) is 0 Å². The number of benzene rings is 2. The maximum atomic E-state index is 13.2. The van der Waals surface area contributed by atoms with Gasteiger partial charge in [-0.2, -0.15) is 0 Å². The molecule has 0 fully saturated rings. The van der Waals surface area contributed by atoms with Gasteiger partial charge in [-0.1, -0.05) is 12.1 Å². The molecule has 0 aromatic heterocycles. The number of aliphatic hydroxyl groups is 1. The number of aliphatic hydroxyl groups excluding tert-OH is 1. The van der Waals surface area contributed by atoms with E-state index in [0.29, 0.717) is 10.0 Å². The first-order valence-corrected chi connectivity index (χ1v) is 6.59. The minimum absolute atomic E-state index is 0.342. The Morgan fingerprint density at radius 1 is 1.16 bits per heavy atom. The SMILES string of the molecule is COc1ccc(C(O)c2ccc(F)c(Br)c2)cc1C. The number of hydrogen-bond acceptors (Lipinski definition) is 2. The molecule has 0 heterocycles. The van der Waals surface area contributed by atoms with Gasteiger partial charge in [0, 0.05) is 0 Å². The van der Waals surface area contributed by atoms with Crippen molar-refractivity contribution in [2.75, 3.05) is 7.11 Å². The Hall–Kier alpha value is -1.39. The Morgan fingerprint density at radius 3 is 2.37 bits per heavy atom. The average Bonchev–Trinajstić information content (AvgIpc) is 2.41. The number of halogens is 2. The lowest BCUT2D eigenvalue weighted by Gasteiger charge is -2.14. The molecule has 2 rings (SSSR count). The molecule has 1 unspecified atom stereocenters. The van der Waals surface area contributed by atoms with Crippen molar-refractivity contribution in [1.29, 1.82) is 0 Å². The van der Waals surface area contributed by atoms with Crippen LogP contribution in [0, 0.1) is 12.7 Å². The van der Waals surface area contributed by atoms with Crippen molar-refractivity contribution in [3.8, 4) is 5.75 Å². The van der Waals surface area contributed by atoms with Gasteiger partial charge in [-0.05, 0) is 63.8 Å². The van der Waals surface area contributed by atoms with Gasteiger partial charge in [0.2, 0.25) is 0 Å². The van der Waals surface area contributed by atoms with Crippen LogP contribution in [-0.4, -0.2) is 12.2 Å². The molecule has 0 spiro atoms. The quantitative estimate of drug-likeness (QED) is 0.925. The highest BCUT2D eigenvalue weighted by Gasteiger charge is 2.13. The molecular formula is C15H14BrFO2. The van der Waals surface area contributed by atoms with Gasteiger partial charge in [-0.15, -0.1) is 0 Å². The van der Waals surface area contributed by atoms with Crippen LogP contribution in [0.15, 0.2) is 40.9 Å². The molecule has 0 aliphatic rings. The fourth-order valence-electron chi connectivity index (χ4n) is 1.95. The van der Waals surface area contributed by atoms with Gasteiger partial charge in [0.1, 0.15) is 17.7 Å². The molecule has 19 heavy (non-hydrogen) atoms. The van der Waals surface area contributed by atoms with E-state index < -0.39 is 6.10 Å². The van der Waals surface area contributed by atoms with E-state index in [9.17, 15) is 9.50 Å². The van der Waals surface area contributed by atoms with E-state index in [0.717, 1.165) is 16.9 Å². The molecule has 0 aliphatic heterocycles. The third-order valence-electron chi connectivity index (χ3n) is 2.99. The maximum Gasteiger partial charge on any atom is 0.137 e. The minimum Gasteiger partial charge on any atom is -0.496 e. The third-order valence-corrected chi connectivity index (χ3v) is 3.60. The van der Waals surface area contributed by atoms with Crippen LogP contribution in [0.5, 0.6) is 5.75 Å². The lowest BCUT2D eigenvalue weighted by molar-refractivity contribution is 0.220. The van der Waals surface area contributed by atoms with E-state index in [1.807, 2.05) is 19.1 Å². The van der Waals surface area contributed by atoms with Crippen molar-refractivity contribution in [3.05, 3.63) is 63.4 Å². The fraction of sp³-hybridized carbons (Fsp3) is 0.200. The van der Waals surface area contributed by atoms with E-state index in [2.05, 4.69) is 15.9 Å². The average molecular weight is 325 g/mol. The smallest absolute Gasteiger partial charge is 0.137 e. The van der Waals surface area contributed by atoms with Gasteiger partial charge in [0.15, 0.2) is 0 Å². The van der Waals surface area contributed by atoms with Gasteiger partial charge in [-0.3, -0.25) is 0 Å². The maximum absolute atomic E-state index is 13.2. The third kappa shape index (κ3) is 2.96. The van der Waals surface area contributed by atoms with E-state index >= 15 is 0 Å². The summed E-state index contributed by atoms with van der Waals surface area (Å²) in [6.07, 6.45) is -0.790. The van der Waals surface area contributed by atoms with Crippen LogP contribution in [0.1, 0.15) is 22.8 Å². The number of methoxy groups -OCH3 is 1. The lowest BCUT2D eigenvalue weighted by atomic mass is 9.99. The van der Waals surface area contributed by atoms with Crippen LogP contribution >= 0.6 is 15.9 Å². The zero-order chi connectivity index (χ0) is 14.0. The summed E-state index contributed by atoms with van der Waals surface area (Å²) in [6, 6.07) is 9.96. The highest BCUT2D eigenvalue weighted by atomic mass is 79.9. The first kappa shape index (κ1) is 14.0. The van der Waals surface area contributed by atoms with Gasteiger partial charge in [0.05, 0.1) is 11.6 Å². The van der Waals surface area contributed by atoms with Gasteiger partial charge in [0.25, 0.3) is 0 Å². The summed E-state index contributed by atoms with van der Waals surface area (Å²) in [5.74, 6) is 0.429. The standard InChI is InChI=1S/C15H14BrFO2/c1-9-7-10(4-6-14(9)19-2)15(18)11-3-5-13(17)12(16)8-11/h3-8,15,18H,1-2H3. The predicted molar refractivity (Wildman–Crippen MR) is 75.9 cm³/mol. The second-order valence-electron chi connectivity index (χ2n) is 4.31. The van der Waals surface area contributed by atoms with Crippen LogP contribution in [0.2, 0.25) is 0 Å². The normalized spacial score (nSPS) is 12.3. The molecular weight excluding hydrogens is 311 g/mol. The van der Waals surface area contributed by atoms with Gasteiger partial charge >= 0.3 is 0 Å². The first-order valence-electron chi connectivity index (χ1n) is 5.80. The van der Waals surface area contributed by atoms with Crippen molar-refractivity contribution in [3.63, 3.8) is 0 Å². The van der Waals surface area contributed by atoms with Crippen LogP contribution < -0.4 is 4.74 Å². The van der Waals surface area contributed by atoms with E-state index in [4.69, 9.17) is 4.74 Å². The van der Waals surface area contributed by atoms with Crippen LogP contribution in [-0.2, 0) is 0 Å². The van der Waals surface area contributed by atoms with Crippen molar-refractivity contribution in [1.82, 2.24) is 0 Å². The van der Waals surface area contributed by atoms with E-state index in [1.165, 1.54) is 6.07 Å². The van der Waals surface area contributed by atoms with E-state index in [-0.39, 0.29) is 5.82 Å². The summed E-state index contributed by atoms with van der Waals surface area (Å²) >= 11 is 3.12. The zero-order valence-electron chi connectivity index (χ0n) is 10.7. The van der Waals surface area contributed by atoms with Crippen molar-refractivity contribution in [2.24, 2.45) is 0 Å². The first-order chi connectivity index (χ1) is 9.02. The van der Waals surface area contributed by atoms with Crippen LogP contribution in [0.4, 0.5) is 4.39 Å². The second kappa shape index (κ2) is 5.72. The lowest BCUT2D eigenvalue weighted by Crippen LogP contribution is -2.01. The highest BCUT2D eigenvalue weighted by molar-refractivity contribution is 9.10. The summed E-state index contributed by atoms with van der Waals surface area (Å²) in [5, 5.41) is 10.3. The molecule has 0 saturated heterocycles. The Balaban J connectivity index is 2.35. The largest absolute Gasteiger partial charge is 0.496 e. The molecule has 2 nitrogen and oxygen atoms in total. The van der Waals surface area contributed by atoms with Crippen molar-refractivity contribution >= 4 is 15.9 Å².